The summed E-state index contributed by atoms with van der Waals surface area (Å²) >= 11 is 0. The van der Waals surface area contributed by atoms with Gasteiger partial charge in [0.05, 0.1) is 26.2 Å². The van der Waals surface area contributed by atoms with Crippen LogP contribution in [0.4, 0.5) is 14.5 Å². The van der Waals surface area contributed by atoms with E-state index >= 15 is 0 Å². The van der Waals surface area contributed by atoms with Gasteiger partial charge in [-0.05, 0) is 18.2 Å². The fourth-order valence-corrected chi connectivity index (χ4v) is 2.87. The van der Waals surface area contributed by atoms with Crippen LogP contribution in [0, 0.1) is 11.6 Å². The molecule has 0 aliphatic carbocycles. The van der Waals surface area contributed by atoms with Crippen molar-refractivity contribution < 1.29 is 22.5 Å². The smallest absolute Gasteiger partial charge is 0.160 e. The van der Waals surface area contributed by atoms with E-state index in [4.69, 9.17) is 0 Å². The summed E-state index contributed by atoms with van der Waals surface area (Å²) in [4.78, 5) is 0. The number of rotatable bonds is 3. The topological polar surface area (TPSA) is 68.1 Å². The third-order valence-corrected chi connectivity index (χ3v) is 4.06. The summed E-state index contributed by atoms with van der Waals surface area (Å²) in [5.74, 6) is -1.58. The van der Waals surface area contributed by atoms with Crippen molar-refractivity contribution in [3.05, 3.63) is 34.6 Å². The van der Waals surface area contributed by atoms with Gasteiger partial charge in [-0.3, -0.25) is 0 Å². The minimum Gasteiger partial charge on any atom is -0.561 e. The molecule has 0 amide bonds. The van der Waals surface area contributed by atoms with E-state index in [0.717, 1.165) is 22.5 Å². The van der Waals surface area contributed by atoms with Crippen LogP contribution in [-0.4, -0.2) is 38.9 Å². The second kappa shape index (κ2) is 5.17. The molecule has 0 radical (unpaired) electrons. The molecular formula is C10H13F2N3O2S. The van der Waals surface area contributed by atoms with Crippen LogP contribution >= 0.6 is 0 Å². The van der Waals surface area contributed by atoms with E-state index < -0.39 is 27.5 Å². The highest BCUT2D eigenvalue weighted by molar-refractivity contribution is 7.92. The first-order valence-electron chi connectivity index (χ1n) is 5.49. The van der Waals surface area contributed by atoms with Gasteiger partial charge in [0.1, 0.15) is 11.6 Å². The Hall–Kier alpha value is -1.25. The van der Waals surface area contributed by atoms with Gasteiger partial charge in [-0.25, -0.2) is 21.5 Å². The van der Waals surface area contributed by atoms with Crippen molar-refractivity contribution in [3.63, 3.8) is 0 Å². The van der Waals surface area contributed by atoms with Crippen LogP contribution in [0.5, 0.6) is 0 Å². The van der Waals surface area contributed by atoms with E-state index in [2.05, 4.69) is 4.72 Å². The molecule has 0 aromatic heterocycles. The highest BCUT2D eigenvalue weighted by atomic mass is 32.2. The molecule has 1 aliphatic rings. The average molecular weight is 277 g/mol. The standard InChI is InChI=1S/C10H12F2N3O2S/c11-8-1-2-9(12)10(7-8)14-18(16,17)15-5-3-13-4-6-15/h1-2,7,13H,3-6H2/q-1/p+1. The Morgan fingerprint density at radius 1 is 1.22 bits per heavy atom. The number of piperazine rings is 1. The number of nitrogens with zero attached hydrogens (tertiary/aromatic N) is 2. The lowest BCUT2D eigenvalue weighted by molar-refractivity contribution is -0.661. The zero-order valence-electron chi connectivity index (χ0n) is 9.51. The number of halogens is 2. The van der Waals surface area contributed by atoms with Crippen molar-refractivity contribution in [2.24, 2.45) is 0 Å². The maximum Gasteiger partial charge on any atom is 0.160 e. The highest BCUT2D eigenvalue weighted by Crippen LogP contribution is 2.28. The molecule has 0 bridgehead atoms. The zero-order chi connectivity index (χ0) is 13.2. The molecule has 100 valence electrons. The number of hydrogen-bond donors (Lipinski definition) is 1. The van der Waals surface area contributed by atoms with Gasteiger partial charge in [0.25, 0.3) is 0 Å². The van der Waals surface area contributed by atoms with Gasteiger partial charge < -0.3 is 10.0 Å². The van der Waals surface area contributed by atoms with E-state index in [9.17, 15) is 17.2 Å². The molecule has 0 atom stereocenters. The average Bonchev–Trinajstić information content (AvgIpc) is 2.35. The lowest BCUT2D eigenvalue weighted by Gasteiger charge is -2.32. The monoisotopic (exact) mass is 277 g/mol. The first kappa shape index (κ1) is 13.2. The SMILES string of the molecule is O=S(=O)([N-]c1cc(F)ccc1F)N1CC[NH2+]CC1. The van der Waals surface area contributed by atoms with Gasteiger partial charge in [-0.1, -0.05) is 5.69 Å². The van der Waals surface area contributed by atoms with Gasteiger partial charge in [0.15, 0.2) is 10.2 Å². The van der Waals surface area contributed by atoms with Crippen LogP contribution < -0.4 is 5.32 Å². The van der Waals surface area contributed by atoms with Crippen LogP contribution in [0.1, 0.15) is 0 Å². The first-order valence-corrected chi connectivity index (χ1v) is 6.88. The Labute approximate surface area is 104 Å². The van der Waals surface area contributed by atoms with Gasteiger partial charge >= 0.3 is 0 Å². The van der Waals surface area contributed by atoms with Crippen molar-refractivity contribution in [2.45, 2.75) is 0 Å². The first-order chi connectivity index (χ1) is 8.49. The lowest BCUT2D eigenvalue weighted by atomic mass is 10.3. The van der Waals surface area contributed by atoms with E-state index in [1.807, 2.05) is 5.32 Å². The number of nitrogens with two attached hydrogens (primary N) is 1. The molecule has 1 aromatic carbocycles. The maximum absolute atomic E-state index is 13.3. The van der Waals surface area contributed by atoms with E-state index in [1.54, 1.807) is 0 Å². The molecule has 2 rings (SSSR count). The minimum atomic E-state index is -3.94. The molecule has 0 unspecified atom stereocenters. The molecule has 1 fully saturated rings. The fourth-order valence-electron chi connectivity index (χ4n) is 1.70. The van der Waals surface area contributed by atoms with Crippen LogP contribution in [0.3, 0.4) is 0 Å². The van der Waals surface area contributed by atoms with Crippen LogP contribution in [-0.2, 0) is 10.2 Å². The molecule has 18 heavy (non-hydrogen) atoms. The molecule has 1 aromatic rings. The molecule has 1 aliphatic heterocycles. The summed E-state index contributed by atoms with van der Waals surface area (Å²) in [6.45, 7) is 1.92. The van der Waals surface area contributed by atoms with E-state index in [1.165, 1.54) is 0 Å². The Bertz CT molecular complexity index is 530. The highest BCUT2D eigenvalue weighted by Gasteiger charge is 2.19. The second-order valence-electron chi connectivity index (χ2n) is 3.93. The van der Waals surface area contributed by atoms with Gasteiger partial charge in [0, 0.05) is 0 Å². The third kappa shape index (κ3) is 2.95. The molecule has 1 heterocycles. The zero-order valence-corrected chi connectivity index (χ0v) is 10.3. The molecule has 0 spiro atoms. The van der Waals surface area contributed by atoms with Crippen LogP contribution in [0.25, 0.3) is 4.72 Å². The normalized spacial score (nSPS) is 17.7. The Morgan fingerprint density at radius 2 is 1.89 bits per heavy atom. The molecule has 0 saturated carbocycles. The van der Waals surface area contributed by atoms with Crippen molar-refractivity contribution in [3.8, 4) is 0 Å². The molecule has 8 heteroatoms. The lowest BCUT2D eigenvalue weighted by Crippen LogP contribution is -2.89. The summed E-state index contributed by atoms with van der Waals surface area (Å²) in [6.07, 6.45) is 0. The summed E-state index contributed by atoms with van der Waals surface area (Å²) in [5, 5.41) is 1.98. The number of hydrogen-bond acceptors (Lipinski definition) is 2. The largest absolute Gasteiger partial charge is 0.561 e. The Kier molecular flexibility index (Phi) is 3.79. The molecule has 1 saturated heterocycles. The molecular weight excluding hydrogens is 264 g/mol. The Balaban J connectivity index is 2.18. The van der Waals surface area contributed by atoms with Crippen LogP contribution in [0.15, 0.2) is 18.2 Å². The summed E-state index contributed by atoms with van der Waals surface area (Å²) in [7, 11) is -3.94. The van der Waals surface area contributed by atoms with E-state index in [0.29, 0.717) is 26.2 Å². The van der Waals surface area contributed by atoms with Crippen molar-refractivity contribution in [1.29, 1.82) is 0 Å². The minimum absolute atomic E-state index is 0.322. The number of benzene rings is 1. The van der Waals surface area contributed by atoms with E-state index in [-0.39, 0.29) is 0 Å². The summed E-state index contributed by atoms with van der Waals surface area (Å²) in [6, 6.07) is 2.54. The summed E-state index contributed by atoms with van der Waals surface area (Å²) < 4.78 is 54.5. The predicted molar refractivity (Wildman–Crippen MR) is 61.5 cm³/mol. The molecule has 5 nitrogen and oxygen atoms in total. The van der Waals surface area contributed by atoms with Gasteiger partial charge in [-0.15, -0.1) is 0 Å². The predicted octanol–water partition coefficient (Wildman–Crippen LogP) is 0.0938. The fraction of sp³-hybridized carbons (Fsp3) is 0.400. The molecule has 2 N–H and O–H groups in total. The second-order valence-corrected chi connectivity index (χ2v) is 5.52. The van der Waals surface area contributed by atoms with Gasteiger partial charge in [-0.2, -0.15) is 0 Å². The van der Waals surface area contributed by atoms with Crippen molar-refractivity contribution in [1.82, 2.24) is 4.31 Å². The van der Waals surface area contributed by atoms with Crippen molar-refractivity contribution >= 4 is 15.9 Å². The third-order valence-electron chi connectivity index (χ3n) is 2.61. The maximum atomic E-state index is 13.3. The number of quaternary nitrogens is 1. The summed E-state index contributed by atoms with van der Waals surface area (Å²) in [5.41, 5.74) is -0.496. The Morgan fingerprint density at radius 3 is 2.56 bits per heavy atom. The van der Waals surface area contributed by atoms with Crippen molar-refractivity contribution in [2.75, 3.05) is 26.2 Å². The van der Waals surface area contributed by atoms with Crippen LogP contribution in [0.2, 0.25) is 0 Å². The van der Waals surface area contributed by atoms with Gasteiger partial charge in [0.2, 0.25) is 0 Å². The quantitative estimate of drug-likeness (QED) is 0.851.